The molecule has 0 saturated carbocycles. The zero-order chi connectivity index (χ0) is 17.6. The third-order valence-corrected chi connectivity index (χ3v) is 3.75. The third-order valence-electron chi connectivity index (χ3n) is 3.75. The van der Waals surface area contributed by atoms with Crippen LogP contribution in [0.5, 0.6) is 0 Å². The maximum absolute atomic E-state index is 11.8. The van der Waals surface area contributed by atoms with Crippen molar-refractivity contribution in [1.29, 1.82) is 0 Å². The molecule has 0 aliphatic heterocycles. The zero-order valence-electron chi connectivity index (χ0n) is 13.3. The predicted octanol–water partition coefficient (Wildman–Crippen LogP) is 3.53. The van der Waals surface area contributed by atoms with Crippen LogP contribution in [0.15, 0.2) is 65.1 Å². The van der Waals surface area contributed by atoms with Crippen LogP contribution in [0, 0.1) is 0 Å². The van der Waals surface area contributed by atoms with Crippen LogP contribution in [-0.2, 0) is 16.1 Å². The minimum atomic E-state index is -1.08. The van der Waals surface area contributed by atoms with E-state index in [9.17, 15) is 14.7 Å². The van der Waals surface area contributed by atoms with Gasteiger partial charge in [-0.3, -0.25) is 4.79 Å². The molecule has 2 N–H and O–H groups in total. The molecule has 1 atom stereocenters. The number of carboxylic acid groups (broad SMARTS) is 1. The van der Waals surface area contributed by atoms with Gasteiger partial charge in [0.05, 0.1) is 0 Å². The number of para-hydroxylation sites is 1. The van der Waals surface area contributed by atoms with Crippen LogP contribution in [0.3, 0.4) is 0 Å². The molecule has 0 saturated heterocycles. The van der Waals surface area contributed by atoms with E-state index in [-0.39, 0.29) is 18.9 Å². The second kappa shape index (κ2) is 7.53. The van der Waals surface area contributed by atoms with Crippen LogP contribution in [0.25, 0.3) is 11.0 Å². The number of ether oxygens (including phenoxy) is 1. The quantitative estimate of drug-likeness (QED) is 0.717. The monoisotopic (exact) mass is 339 g/mol. The van der Waals surface area contributed by atoms with Crippen molar-refractivity contribution in [3.05, 3.63) is 72.0 Å². The van der Waals surface area contributed by atoms with E-state index < -0.39 is 18.0 Å². The minimum absolute atomic E-state index is 0.120. The maximum Gasteiger partial charge on any atom is 0.407 e. The second-order valence-corrected chi connectivity index (χ2v) is 5.52. The summed E-state index contributed by atoms with van der Waals surface area (Å²) in [7, 11) is 0. The summed E-state index contributed by atoms with van der Waals surface area (Å²) in [5.41, 5.74) is 1.46. The average molecular weight is 339 g/mol. The number of hydrogen-bond donors (Lipinski definition) is 2. The van der Waals surface area contributed by atoms with Crippen LogP contribution in [0.1, 0.15) is 17.2 Å². The van der Waals surface area contributed by atoms with Gasteiger partial charge in [0.25, 0.3) is 0 Å². The smallest absolute Gasteiger partial charge is 0.407 e. The van der Waals surface area contributed by atoms with Crippen molar-refractivity contribution in [2.45, 2.75) is 12.5 Å². The van der Waals surface area contributed by atoms with Crippen LogP contribution >= 0.6 is 0 Å². The maximum atomic E-state index is 11.8. The average Bonchev–Trinajstić information content (AvgIpc) is 3.04. The number of carboxylic acids is 1. The second-order valence-electron chi connectivity index (χ2n) is 5.52. The highest BCUT2D eigenvalue weighted by Crippen LogP contribution is 2.25. The molecule has 6 nitrogen and oxygen atoms in total. The number of fused-ring (bicyclic) bond motifs is 1. The van der Waals surface area contributed by atoms with Crippen molar-refractivity contribution in [2.24, 2.45) is 0 Å². The van der Waals surface area contributed by atoms with Gasteiger partial charge in [0.1, 0.15) is 23.9 Å². The van der Waals surface area contributed by atoms with Gasteiger partial charge in [-0.15, -0.1) is 0 Å². The lowest BCUT2D eigenvalue weighted by molar-refractivity contribution is -0.139. The summed E-state index contributed by atoms with van der Waals surface area (Å²) < 4.78 is 10.7. The number of alkyl carbamates (subject to hydrolysis) is 1. The Hall–Kier alpha value is -3.28. The lowest BCUT2D eigenvalue weighted by Crippen LogP contribution is -2.31. The summed E-state index contributed by atoms with van der Waals surface area (Å²) in [6.07, 6.45) is -0.675. The normalized spacial score (nSPS) is 11.8. The largest absolute Gasteiger partial charge is 0.481 e. The highest BCUT2D eigenvalue weighted by atomic mass is 16.5. The van der Waals surface area contributed by atoms with Gasteiger partial charge in [-0.2, -0.15) is 0 Å². The van der Waals surface area contributed by atoms with E-state index in [1.165, 1.54) is 0 Å². The fraction of sp³-hybridized carbons (Fsp3) is 0.158. The van der Waals surface area contributed by atoms with E-state index >= 15 is 0 Å². The molecule has 0 radical (unpaired) electrons. The van der Waals surface area contributed by atoms with Crippen molar-refractivity contribution in [1.82, 2.24) is 5.32 Å². The molecule has 25 heavy (non-hydrogen) atoms. The number of aliphatic carboxylic acids is 1. The molecular weight excluding hydrogens is 322 g/mol. The molecule has 2 aromatic carbocycles. The van der Waals surface area contributed by atoms with Crippen LogP contribution < -0.4 is 5.32 Å². The van der Waals surface area contributed by atoms with E-state index in [1.54, 1.807) is 12.1 Å². The van der Waals surface area contributed by atoms with Crippen molar-refractivity contribution >= 4 is 23.0 Å². The van der Waals surface area contributed by atoms with Gasteiger partial charge in [0.15, 0.2) is 0 Å². The number of hydrogen-bond acceptors (Lipinski definition) is 4. The first kappa shape index (κ1) is 16.6. The van der Waals surface area contributed by atoms with Crippen LogP contribution in [-0.4, -0.2) is 23.7 Å². The number of nitrogens with one attached hydrogen (secondary N) is 1. The first-order chi connectivity index (χ1) is 12.1. The van der Waals surface area contributed by atoms with Crippen LogP contribution in [0.2, 0.25) is 0 Å². The Bertz CT molecular complexity index is 839. The summed E-state index contributed by atoms with van der Waals surface area (Å²) >= 11 is 0. The number of amides is 1. The molecule has 1 heterocycles. The standard InChI is InChI=1S/C19H17NO5/c21-18(22)15(17-10-14-8-4-5-9-16(14)25-17)11-20-19(23)24-12-13-6-2-1-3-7-13/h1-10,15H,11-12H2,(H,20,23)(H,21,22). The first-order valence-corrected chi connectivity index (χ1v) is 7.79. The molecule has 0 spiro atoms. The number of benzene rings is 2. The number of furan rings is 1. The third kappa shape index (κ3) is 4.17. The minimum Gasteiger partial charge on any atom is -0.481 e. The Morgan fingerprint density at radius 3 is 2.52 bits per heavy atom. The summed E-state index contributed by atoms with van der Waals surface area (Å²) in [4.78, 5) is 23.3. The van der Waals surface area contributed by atoms with Crippen molar-refractivity contribution in [2.75, 3.05) is 6.54 Å². The number of rotatable bonds is 6. The highest BCUT2D eigenvalue weighted by Gasteiger charge is 2.24. The molecule has 0 bridgehead atoms. The molecule has 3 aromatic rings. The van der Waals surface area contributed by atoms with E-state index in [2.05, 4.69) is 5.32 Å². The van der Waals surface area contributed by atoms with Gasteiger partial charge >= 0.3 is 12.1 Å². The lowest BCUT2D eigenvalue weighted by atomic mass is 10.1. The van der Waals surface area contributed by atoms with E-state index in [0.29, 0.717) is 5.58 Å². The molecule has 1 amide bonds. The topological polar surface area (TPSA) is 88.8 Å². The van der Waals surface area contributed by atoms with Gasteiger partial charge in [0.2, 0.25) is 0 Å². The molecule has 0 aliphatic rings. The highest BCUT2D eigenvalue weighted by molar-refractivity contribution is 5.82. The molecule has 128 valence electrons. The molecular formula is C19H17NO5. The van der Waals surface area contributed by atoms with E-state index in [1.807, 2.05) is 48.5 Å². The Balaban J connectivity index is 1.60. The van der Waals surface area contributed by atoms with E-state index in [0.717, 1.165) is 10.9 Å². The fourth-order valence-corrected chi connectivity index (χ4v) is 2.44. The van der Waals surface area contributed by atoms with Gasteiger partial charge in [-0.25, -0.2) is 4.79 Å². The summed E-state index contributed by atoms with van der Waals surface area (Å²) in [6.45, 7) is -0.00216. The Morgan fingerprint density at radius 1 is 1.08 bits per heavy atom. The predicted molar refractivity (Wildman–Crippen MR) is 91.2 cm³/mol. The molecule has 1 unspecified atom stereocenters. The van der Waals surface area contributed by atoms with Crippen molar-refractivity contribution in [3.8, 4) is 0 Å². The van der Waals surface area contributed by atoms with Gasteiger partial charge < -0.3 is 19.6 Å². The van der Waals surface area contributed by atoms with Crippen molar-refractivity contribution < 1.29 is 23.8 Å². The molecule has 0 aliphatic carbocycles. The Labute approximate surface area is 144 Å². The zero-order valence-corrected chi connectivity index (χ0v) is 13.3. The first-order valence-electron chi connectivity index (χ1n) is 7.79. The molecule has 6 heteroatoms. The van der Waals surface area contributed by atoms with Crippen LogP contribution in [0.4, 0.5) is 4.79 Å². The van der Waals surface area contributed by atoms with Crippen molar-refractivity contribution in [3.63, 3.8) is 0 Å². The molecule has 3 rings (SSSR count). The van der Waals surface area contributed by atoms with Gasteiger partial charge in [-0.1, -0.05) is 48.5 Å². The van der Waals surface area contributed by atoms with E-state index in [4.69, 9.17) is 9.15 Å². The Kier molecular flexibility index (Phi) is 4.99. The molecule has 0 fully saturated rings. The Morgan fingerprint density at radius 2 is 1.80 bits per heavy atom. The number of carbonyl (C=O) groups is 2. The van der Waals surface area contributed by atoms with Gasteiger partial charge in [-0.05, 0) is 17.7 Å². The lowest BCUT2D eigenvalue weighted by Gasteiger charge is -2.11. The summed E-state index contributed by atoms with van der Waals surface area (Å²) in [6, 6.07) is 18.2. The van der Waals surface area contributed by atoms with Gasteiger partial charge in [0, 0.05) is 11.9 Å². The SMILES string of the molecule is O=C(NCC(C(=O)O)c1cc2ccccc2o1)OCc1ccccc1. The molecule has 1 aromatic heterocycles. The number of carbonyl (C=O) groups excluding carboxylic acids is 1. The summed E-state index contributed by atoms with van der Waals surface area (Å²) in [5.74, 6) is -1.78. The fourth-order valence-electron chi connectivity index (χ4n) is 2.44. The summed E-state index contributed by atoms with van der Waals surface area (Å²) in [5, 5.41) is 12.7.